The van der Waals surface area contributed by atoms with E-state index in [0.717, 1.165) is 55.1 Å². The molecule has 3 aromatic heterocycles. The molecule has 0 spiro atoms. The molecular formula is C24H28N6O2. The molecule has 1 N–H and O–H groups in total. The fraction of sp³-hybridized carbons (Fsp3) is 0.458. The molecule has 1 saturated heterocycles. The minimum absolute atomic E-state index is 0.0652. The van der Waals surface area contributed by atoms with Crippen molar-refractivity contribution in [3.05, 3.63) is 54.3 Å². The summed E-state index contributed by atoms with van der Waals surface area (Å²) in [5.74, 6) is 2.46. The van der Waals surface area contributed by atoms with Crippen LogP contribution in [0.4, 0.5) is 5.82 Å². The number of hydrogen-bond acceptors (Lipinski definition) is 7. The molecule has 0 aromatic carbocycles. The number of nitrogens with one attached hydrogen (secondary N) is 1. The first-order valence-corrected chi connectivity index (χ1v) is 11.4. The number of amides is 1. The van der Waals surface area contributed by atoms with Crippen molar-refractivity contribution >= 4 is 11.7 Å². The number of hydrogen-bond donors (Lipinski definition) is 1. The smallest absolute Gasteiger partial charge is 0.230 e. The summed E-state index contributed by atoms with van der Waals surface area (Å²) in [6, 6.07) is 7.65. The van der Waals surface area contributed by atoms with E-state index in [4.69, 9.17) is 4.52 Å². The van der Waals surface area contributed by atoms with Gasteiger partial charge in [0.25, 0.3) is 0 Å². The number of aromatic nitrogens is 4. The lowest BCUT2D eigenvalue weighted by molar-refractivity contribution is -0.125. The van der Waals surface area contributed by atoms with Gasteiger partial charge in [0, 0.05) is 37.6 Å². The summed E-state index contributed by atoms with van der Waals surface area (Å²) in [4.78, 5) is 28.6. The lowest BCUT2D eigenvalue weighted by Crippen LogP contribution is -2.44. The van der Waals surface area contributed by atoms with E-state index in [1.165, 1.54) is 6.42 Å². The van der Waals surface area contributed by atoms with Crippen molar-refractivity contribution in [2.75, 3.05) is 18.0 Å². The zero-order chi connectivity index (χ0) is 21.9. The number of nitrogens with zero attached hydrogens (tertiary/aromatic N) is 5. The highest BCUT2D eigenvalue weighted by Crippen LogP contribution is 2.37. The van der Waals surface area contributed by atoms with Crippen LogP contribution in [0.5, 0.6) is 0 Å². The predicted octanol–water partition coefficient (Wildman–Crippen LogP) is 3.89. The molecule has 8 heteroatoms. The zero-order valence-corrected chi connectivity index (χ0v) is 18.3. The van der Waals surface area contributed by atoms with E-state index < -0.39 is 0 Å². The minimum Gasteiger partial charge on any atom is -0.355 e. The summed E-state index contributed by atoms with van der Waals surface area (Å²) in [6.45, 7) is 3.45. The van der Waals surface area contributed by atoms with E-state index >= 15 is 0 Å². The van der Waals surface area contributed by atoms with Crippen LogP contribution in [0.1, 0.15) is 62.4 Å². The molecule has 2 fully saturated rings. The van der Waals surface area contributed by atoms with Gasteiger partial charge in [0.15, 0.2) is 0 Å². The molecule has 3 aromatic rings. The van der Waals surface area contributed by atoms with Gasteiger partial charge < -0.3 is 14.7 Å². The predicted molar refractivity (Wildman–Crippen MR) is 120 cm³/mol. The van der Waals surface area contributed by atoms with E-state index in [1.807, 2.05) is 31.2 Å². The molecule has 1 amide bonds. The highest BCUT2D eigenvalue weighted by molar-refractivity contribution is 5.80. The average Bonchev–Trinajstić information content (AvgIpc) is 3.28. The first-order valence-electron chi connectivity index (χ1n) is 11.4. The van der Waals surface area contributed by atoms with E-state index in [2.05, 4.69) is 30.3 Å². The van der Waals surface area contributed by atoms with Crippen LogP contribution in [0, 0.1) is 5.92 Å². The Morgan fingerprint density at radius 1 is 1.19 bits per heavy atom. The van der Waals surface area contributed by atoms with Crippen LogP contribution in [-0.2, 0) is 4.79 Å². The molecule has 0 unspecified atom stereocenters. The third-order valence-electron chi connectivity index (χ3n) is 6.56. The maximum Gasteiger partial charge on any atom is 0.230 e. The standard InChI is InChI=1S/C24H28N6O2/c1-16(18-8-3-11-25-14-18)27-23(31)19-9-5-13-30(15-19)22-20(10-4-12-26-22)21-28-24(32-29-21)17-6-2-7-17/h3-4,8,10-12,14,16-17,19H,2,5-7,9,13,15H2,1H3,(H,27,31)/t16-,19+/m0/s1. The van der Waals surface area contributed by atoms with Gasteiger partial charge in [-0.05, 0) is 56.4 Å². The summed E-state index contributed by atoms with van der Waals surface area (Å²) in [5.41, 5.74) is 1.85. The van der Waals surface area contributed by atoms with Crippen molar-refractivity contribution in [3.8, 4) is 11.4 Å². The molecule has 4 heterocycles. The van der Waals surface area contributed by atoms with Crippen LogP contribution in [0.2, 0.25) is 0 Å². The summed E-state index contributed by atoms with van der Waals surface area (Å²) in [5, 5.41) is 7.38. The van der Waals surface area contributed by atoms with Crippen LogP contribution in [-0.4, -0.2) is 39.1 Å². The molecule has 0 radical (unpaired) electrons. The van der Waals surface area contributed by atoms with Crippen LogP contribution in [0.15, 0.2) is 47.4 Å². The first-order chi connectivity index (χ1) is 15.7. The largest absolute Gasteiger partial charge is 0.355 e. The van der Waals surface area contributed by atoms with Crippen LogP contribution >= 0.6 is 0 Å². The van der Waals surface area contributed by atoms with Crippen LogP contribution in [0.3, 0.4) is 0 Å². The van der Waals surface area contributed by atoms with E-state index in [-0.39, 0.29) is 17.9 Å². The van der Waals surface area contributed by atoms with Crippen LogP contribution < -0.4 is 10.2 Å². The fourth-order valence-corrected chi connectivity index (χ4v) is 4.42. The summed E-state index contributed by atoms with van der Waals surface area (Å²) in [6.07, 6.45) is 10.5. The quantitative estimate of drug-likeness (QED) is 0.631. The average molecular weight is 433 g/mol. The Hall–Kier alpha value is -3.29. The molecule has 1 aliphatic carbocycles. The maximum absolute atomic E-state index is 13.0. The molecule has 1 aliphatic heterocycles. The third-order valence-corrected chi connectivity index (χ3v) is 6.56. The number of pyridine rings is 2. The molecule has 8 nitrogen and oxygen atoms in total. The van der Waals surface area contributed by atoms with Crippen LogP contribution in [0.25, 0.3) is 11.4 Å². The number of rotatable bonds is 6. The van der Waals surface area contributed by atoms with Crippen molar-refractivity contribution in [3.63, 3.8) is 0 Å². The number of carbonyl (C=O) groups excluding carboxylic acids is 1. The van der Waals surface area contributed by atoms with Gasteiger partial charge in [-0.1, -0.05) is 17.6 Å². The Balaban J connectivity index is 1.30. The molecule has 2 aliphatic rings. The first kappa shape index (κ1) is 20.6. The van der Waals surface area contributed by atoms with Crippen molar-refractivity contribution in [1.29, 1.82) is 0 Å². The van der Waals surface area contributed by atoms with E-state index in [0.29, 0.717) is 18.3 Å². The Morgan fingerprint density at radius 3 is 2.84 bits per heavy atom. The van der Waals surface area contributed by atoms with Crippen molar-refractivity contribution in [2.45, 2.75) is 51.0 Å². The summed E-state index contributed by atoms with van der Waals surface area (Å²) in [7, 11) is 0. The van der Waals surface area contributed by atoms with Crippen molar-refractivity contribution in [2.24, 2.45) is 5.92 Å². The van der Waals surface area contributed by atoms with Gasteiger partial charge >= 0.3 is 0 Å². The van der Waals surface area contributed by atoms with Crippen molar-refractivity contribution < 1.29 is 9.32 Å². The maximum atomic E-state index is 13.0. The molecule has 2 atom stereocenters. The van der Waals surface area contributed by atoms with Gasteiger partial charge in [-0.15, -0.1) is 0 Å². The number of piperidine rings is 1. The van der Waals surface area contributed by atoms with E-state index in [1.54, 1.807) is 18.6 Å². The highest BCUT2D eigenvalue weighted by atomic mass is 16.5. The highest BCUT2D eigenvalue weighted by Gasteiger charge is 2.30. The Kier molecular flexibility index (Phi) is 5.83. The molecule has 0 bridgehead atoms. The summed E-state index contributed by atoms with van der Waals surface area (Å²) < 4.78 is 5.53. The van der Waals surface area contributed by atoms with E-state index in [9.17, 15) is 4.79 Å². The van der Waals surface area contributed by atoms with Crippen molar-refractivity contribution in [1.82, 2.24) is 25.4 Å². The third kappa shape index (κ3) is 4.22. The normalized spacial score (nSPS) is 19.9. The molecule has 166 valence electrons. The van der Waals surface area contributed by atoms with Gasteiger partial charge in [0.2, 0.25) is 17.6 Å². The monoisotopic (exact) mass is 432 g/mol. The van der Waals surface area contributed by atoms with Gasteiger partial charge in [0.1, 0.15) is 5.82 Å². The van der Waals surface area contributed by atoms with Gasteiger partial charge in [-0.25, -0.2) is 4.98 Å². The second kappa shape index (κ2) is 9.06. The Bertz CT molecular complexity index is 1070. The fourth-order valence-electron chi connectivity index (χ4n) is 4.42. The molecule has 1 saturated carbocycles. The zero-order valence-electron chi connectivity index (χ0n) is 18.3. The lowest BCUT2D eigenvalue weighted by Gasteiger charge is -2.34. The second-order valence-electron chi connectivity index (χ2n) is 8.76. The lowest BCUT2D eigenvalue weighted by atomic mass is 9.85. The Morgan fingerprint density at radius 2 is 2.06 bits per heavy atom. The summed E-state index contributed by atoms with van der Waals surface area (Å²) >= 11 is 0. The molecule has 32 heavy (non-hydrogen) atoms. The Labute approximate surface area is 187 Å². The topological polar surface area (TPSA) is 97.0 Å². The SMILES string of the molecule is C[C@H](NC(=O)[C@@H]1CCCN(c2ncccc2-c2noc(C3CCC3)n2)C1)c1cccnc1. The molecular weight excluding hydrogens is 404 g/mol. The minimum atomic E-state index is -0.103. The van der Waals surface area contributed by atoms with Gasteiger partial charge in [-0.2, -0.15) is 4.98 Å². The molecule has 5 rings (SSSR count). The van der Waals surface area contributed by atoms with Gasteiger partial charge in [-0.3, -0.25) is 9.78 Å². The number of carbonyl (C=O) groups is 1. The number of anilines is 1. The van der Waals surface area contributed by atoms with Gasteiger partial charge in [0.05, 0.1) is 17.5 Å². The second-order valence-corrected chi connectivity index (χ2v) is 8.76.